The molecule has 2 aliphatic rings. The SMILES string of the molecule is C[C@H]1CCCCN1[C@H]1C[C@H](c2nc3ccc(C(=O)Nc4nccs4)cc3s2)C1. The van der Waals surface area contributed by atoms with Crippen LogP contribution in [-0.2, 0) is 0 Å². The molecule has 1 atom stereocenters. The maximum Gasteiger partial charge on any atom is 0.257 e. The summed E-state index contributed by atoms with van der Waals surface area (Å²) in [4.78, 5) is 24.1. The first-order valence-electron chi connectivity index (χ1n) is 10.0. The van der Waals surface area contributed by atoms with E-state index in [4.69, 9.17) is 4.98 Å². The number of hydrogen-bond acceptors (Lipinski definition) is 6. The zero-order valence-corrected chi connectivity index (χ0v) is 17.6. The Morgan fingerprint density at radius 3 is 2.96 bits per heavy atom. The van der Waals surface area contributed by atoms with Gasteiger partial charge in [0.1, 0.15) is 0 Å². The Bertz CT molecular complexity index is 978. The number of carbonyl (C=O) groups excluding carboxylic acids is 1. The number of benzene rings is 1. The minimum Gasteiger partial charge on any atom is -0.298 e. The zero-order chi connectivity index (χ0) is 19.1. The van der Waals surface area contributed by atoms with Gasteiger partial charge in [-0.3, -0.25) is 15.0 Å². The maximum absolute atomic E-state index is 12.4. The number of aromatic nitrogens is 2. The molecule has 1 saturated heterocycles. The van der Waals surface area contributed by atoms with Gasteiger partial charge in [0.05, 0.1) is 15.2 Å². The summed E-state index contributed by atoms with van der Waals surface area (Å²) in [7, 11) is 0. The van der Waals surface area contributed by atoms with Gasteiger partial charge in [-0.25, -0.2) is 9.97 Å². The molecule has 3 heterocycles. The van der Waals surface area contributed by atoms with Crippen LogP contribution in [-0.4, -0.2) is 39.4 Å². The summed E-state index contributed by atoms with van der Waals surface area (Å²) >= 11 is 3.17. The van der Waals surface area contributed by atoms with E-state index in [1.165, 1.54) is 55.0 Å². The van der Waals surface area contributed by atoms with Gasteiger partial charge in [-0.15, -0.1) is 22.7 Å². The Balaban J connectivity index is 1.27. The lowest BCUT2D eigenvalue weighted by molar-refractivity contribution is 0.0480. The molecule has 1 aliphatic carbocycles. The average Bonchev–Trinajstić information content (AvgIpc) is 3.30. The van der Waals surface area contributed by atoms with E-state index in [0.29, 0.717) is 16.6 Å². The molecule has 7 heteroatoms. The first-order chi connectivity index (χ1) is 13.7. The molecule has 5 nitrogen and oxygen atoms in total. The fourth-order valence-corrected chi connectivity index (χ4v) is 6.09. The van der Waals surface area contributed by atoms with Gasteiger partial charge in [0.2, 0.25) is 0 Å². The van der Waals surface area contributed by atoms with Gasteiger partial charge in [-0.1, -0.05) is 6.42 Å². The number of anilines is 1. The third kappa shape index (κ3) is 3.47. The lowest BCUT2D eigenvalue weighted by Crippen LogP contribution is -2.50. The molecule has 0 radical (unpaired) electrons. The number of piperidine rings is 1. The van der Waals surface area contributed by atoms with Crippen molar-refractivity contribution in [1.29, 1.82) is 0 Å². The highest BCUT2D eigenvalue weighted by Gasteiger charge is 2.38. The number of rotatable bonds is 4. The number of fused-ring (bicyclic) bond motifs is 1. The highest BCUT2D eigenvalue weighted by atomic mass is 32.1. The van der Waals surface area contributed by atoms with Gasteiger partial charge in [-0.2, -0.15) is 0 Å². The largest absolute Gasteiger partial charge is 0.298 e. The van der Waals surface area contributed by atoms with Crippen molar-refractivity contribution < 1.29 is 4.79 Å². The topological polar surface area (TPSA) is 58.1 Å². The van der Waals surface area contributed by atoms with Crippen LogP contribution in [0.3, 0.4) is 0 Å². The summed E-state index contributed by atoms with van der Waals surface area (Å²) in [6.45, 7) is 3.64. The molecule has 1 aromatic carbocycles. The number of carbonyl (C=O) groups is 1. The number of nitrogens with one attached hydrogen (secondary N) is 1. The quantitative estimate of drug-likeness (QED) is 0.646. The molecule has 0 unspecified atom stereocenters. The summed E-state index contributed by atoms with van der Waals surface area (Å²) < 4.78 is 1.09. The van der Waals surface area contributed by atoms with Crippen LogP contribution in [0.15, 0.2) is 29.8 Å². The number of hydrogen-bond donors (Lipinski definition) is 1. The monoisotopic (exact) mass is 412 g/mol. The van der Waals surface area contributed by atoms with Crippen molar-refractivity contribution in [2.45, 2.75) is 57.0 Å². The zero-order valence-electron chi connectivity index (χ0n) is 15.9. The predicted octanol–water partition coefficient (Wildman–Crippen LogP) is 5.13. The molecule has 1 aliphatic heterocycles. The van der Waals surface area contributed by atoms with Gasteiger partial charge in [0.15, 0.2) is 5.13 Å². The highest BCUT2D eigenvalue weighted by Crippen LogP contribution is 2.44. The lowest BCUT2D eigenvalue weighted by atomic mass is 9.78. The first-order valence-corrected chi connectivity index (χ1v) is 11.7. The summed E-state index contributed by atoms with van der Waals surface area (Å²) in [5.74, 6) is 0.457. The molecular formula is C21H24N4OS2. The molecule has 2 fully saturated rings. The summed E-state index contributed by atoms with van der Waals surface area (Å²) in [6.07, 6.45) is 8.20. The maximum atomic E-state index is 12.4. The molecule has 28 heavy (non-hydrogen) atoms. The van der Waals surface area contributed by atoms with Crippen LogP contribution in [0, 0.1) is 0 Å². The van der Waals surface area contributed by atoms with Crippen molar-refractivity contribution in [1.82, 2.24) is 14.9 Å². The molecule has 5 rings (SSSR count). The number of amides is 1. The number of thiazole rings is 2. The third-order valence-electron chi connectivity index (χ3n) is 6.11. The summed E-state index contributed by atoms with van der Waals surface area (Å²) in [5.41, 5.74) is 1.66. The van der Waals surface area contributed by atoms with Crippen molar-refractivity contribution in [3.05, 3.63) is 40.3 Å². The van der Waals surface area contributed by atoms with Gasteiger partial charge in [-0.05, 0) is 57.4 Å². The van der Waals surface area contributed by atoms with E-state index in [0.717, 1.165) is 22.3 Å². The molecular weight excluding hydrogens is 388 g/mol. The normalized spacial score (nSPS) is 25.5. The van der Waals surface area contributed by atoms with Crippen LogP contribution < -0.4 is 5.32 Å². The lowest BCUT2D eigenvalue weighted by Gasteiger charge is -2.47. The average molecular weight is 413 g/mol. The molecule has 3 aromatic rings. The van der Waals surface area contributed by atoms with Crippen LogP contribution >= 0.6 is 22.7 Å². The third-order valence-corrected chi connectivity index (χ3v) is 7.97. The van der Waals surface area contributed by atoms with Crippen molar-refractivity contribution in [2.24, 2.45) is 0 Å². The van der Waals surface area contributed by atoms with Gasteiger partial charge >= 0.3 is 0 Å². The highest BCUT2D eigenvalue weighted by molar-refractivity contribution is 7.18. The van der Waals surface area contributed by atoms with Gasteiger partial charge in [0.25, 0.3) is 5.91 Å². The molecule has 0 spiro atoms. The van der Waals surface area contributed by atoms with Crippen molar-refractivity contribution >= 4 is 43.9 Å². The van der Waals surface area contributed by atoms with Gasteiger partial charge < -0.3 is 0 Å². The predicted molar refractivity (Wildman–Crippen MR) is 115 cm³/mol. The molecule has 1 saturated carbocycles. The van der Waals surface area contributed by atoms with E-state index in [2.05, 4.69) is 22.1 Å². The van der Waals surface area contributed by atoms with E-state index >= 15 is 0 Å². The number of likely N-dealkylation sites (tertiary alicyclic amines) is 1. The van der Waals surface area contributed by atoms with Crippen molar-refractivity contribution in [2.75, 3.05) is 11.9 Å². The first kappa shape index (κ1) is 18.2. The second-order valence-corrected chi connectivity index (χ2v) is 9.89. The minimum absolute atomic E-state index is 0.116. The molecule has 1 amide bonds. The van der Waals surface area contributed by atoms with Crippen LogP contribution in [0.2, 0.25) is 0 Å². The summed E-state index contributed by atoms with van der Waals surface area (Å²) in [5, 5.41) is 6.56. The molecule has 1 N–H and O–H groups in total. The van der Waals surface area contributed by atoms with E-state index in [1.807, 2.05) is 23.6 Å². The second kappa shape index (κ2) is 7.54. The minimum atomic E-state index is -0.116. The fraction of sp³-hybridized carbons (Fsp3) is 0.476. The molecule has 2 aromatic heterocycles. The van der Waals surface area contributed by atoms with E-state index in [-0.39, 0.29) is 5.91 Å². The Morgan fingerprint density at radius 1 is 1.29 bits per heavy atom. The fourth-order valence-electron chi connectivity index (χ4n) is 4.44. The Hall–Kier alpha value is -1.83. The van der Waals surface area contributed by atoms with E-state index < -0.39 is 0 Å². The molecule has 0 bridgehead atoms. The van der Waals surface area contributed by atoms with Gasteiger partial charge in [0, 0.05) is 35.1 Å². The van der Waals surface area contributed by atoms with Crippen LogP contribution in [0.5, 0.6) is 0 Å². The number of nitrogens with zero attached hydrogens (tertiary/aromatic N) is 3. The van der Waals surface area contributed by atoms with E-state index in [9.17, 15) is 4.79 Å². The van der Waals surface area contributed by atoms with Crippen LogP contribution in [0.25, 0.3) is 10.2 Å². The van der Waals surface area contributed by atoms with Crippen LogP contribution in [0.4, 0.5) is 5.13 Å². The Kier molecular flexibility index (Phi) is 4.90. The Morgan fingerprint density at radius 2 is 2.18 bits per heavy atom. The molecule has 146 valence electrons. The smallest absolute Gasteiger partial charge is 0.257 e. The second-order valence-electron chi connectivity index (χ2n) is 7.93. The van der Waals surface area contributed by atoms with Crippen molar-refractivity contribution in [3.63, 3.8) is 0 Å². The Labute approximate surface area is 172 Å². The standard InChI is InChI=1S/C21H24N4OS2/c1-13-4-2-3-8-25(13)16-10-15(11-16)20-23-17-6-5-14(12-18(17)28-20)19(26)24-21-22-7-9-27-21/h5-7,9,12-13,15-16H,2-4,8,10-11H2,1H3,(H,22,24,26)/t13-,15-,16-/m0/s1. The summed E-state index contributed by atoms with van der Waals surface area (Å²) in [6, 6.07) is 7.24. The van der Waals surface area contributed by atoms with Crippen molar-refractivity contribution in [3.8, 4) is 0 Å². The van der Waals surface area contributed by atoms with E-state index in [1.54, 1.807) is 17.5 Å². The van der Waals surface area contributed by atoms with Crippen LogP contribution in [0.1, 0.15) is 60.3 Å².